The van der Waals surface area contributed by atoms with Gasteiger partial charge in [-0.15, -0.1) is 0 Å². The van der Waals surface area contributed by atoms with Gasteiger partial charge in [0.25, 0.3) is 0 Å². The molecule has 0 aliphatic carbocycles. The van der Waals surface area contributed by atoms with Crippen molar-refractivity contribution in [2.75, 3.05) is 29.9 Å². The quantitative estimate of drug-likeness (QED) is 0.386. The van der Waals surface area contributed by atoms with Crippen LogP contribution in [0.5, 0.6) is 11.6 Å². The lowest BCUT2D eigenvalue weighted by molar-refractivity contribution is -0.117. The predicted molar refractivity (Wildman–Crippen MR) is 145 cm³/mol. The molecule has 2 aromatic carbocycles. The maximum Gasteiger partial charge on any atom is 0.228 e. The molecule has 1 amide bonds. The van der Waals surface area contributed by atoms with Crippen molar-refractivity contribution in [3.05, 3.63) is 66.5 Å². The van der Waals surface area contributed by atoms with Gasteiger partial charge in [-0.3, -0.25) is 4.79 Å². The van der Waals surface area contributed by atoms with Crippen molar-refractivity contribution in [2.45, 2.75) is 38.6 Å². The molecule has 1 atom stereocenters. The highest BCUT2D eigenvalue weighted by molar-refractivity contribution is 6.06. The number of aryl methyl sites for hydroxylation is 1. The summed E-state index contributed by atoms with van der Waals surface area (Å²) in [4.78, 5) is 28.2. The van der Waals surface area contributed by atoms with Crippen molar-refractivity contribution in [2.24, 2.45) is 0 Å². The van der Waals surface area contributed by atoms with E-state index >= 15 is 0 Å². The summed E-state index contributed by atoms with van der Waals surface area (Å²) in [7, 11) is 0. The van der Waals surface area contributed by atoms with Crippen LogP contribution < -0.4 is 20.3 Å². The van der Waals surface area contributed by atoms with Gasteiger partial charge in [-0.05, 0) is 62.6 Å². The lowest BCUT2D eigenvalue weighted by atomic mass is 10.0. The second-order valence-electron chi connectivity index (χ2n) is 9.64. The second-order valence-corrected chi connectivity index (χ2v) is 9.64. The number of anilines is 2. The molecule has 37 heavy (non-hydrogen) atoms. The number of carbonyl (C=O) groups is 1. The molecule has 8 heteroatoms. The largest absolute Gasteiger partial charge is 0.437 e. The van der Waals surface area contributed by atoms with E-state index in [0.717, 1.165) is 77.9 Å². The number of benzene rings is 2. The Labute approximate surface area is 216 Å². The van der Waals surface area contributed by atoms with Crippen LogP contribution in [-0.2, 0) is 4.79 Å². The summed E-state index contributed by atoms with van der Waals surface area (Å²) in [5.41, 5.74) is 3.45. The van der Waals surface area contributed by atoms with E-state index in [1.807, 2.05) is 54.3 Å². The topological polar surface area (TPSA) is 92.3 Å². The standard InChI is InChI=1S/C29H30N6O2/c1-19-11-12-21-22(7-2-9-25(21)35-17-5-10-26(35)36)27(19)37-28-23(8-4-15-31-28)24-13-16-32-29(34-24)33-20-6-3-14-30-18-20/h2,4,7-9,11-13,15-16,20,30H,3,5-6,10,14,17-18H2,1H3,(H,32,33,34). The molecule has 0 saturated carbocycles. The maximum absolute atomic E-state index is 12.5. The third-order valence-corrected chi connectivity index (χ3v) is 7.08. The third kappa shape index (κ3) is 4.72. The van der Waals surface area contributed by atoms with Crippen molar-refractivity contribution in [1.29, 1.82) is 0 Å². The fourth-order valence-electron chi connectivity index (χ4n) is 5.20. The molecule has 0 radical (unpaired) electrons. The lowest BCUT2D eigenvalue weighted by Gasteiger charge is -2.23. The van der Waals surface area contributed by atoms with E-state index < -0.39 is 0 Å². The number of aromatic nitrogens is 3. The van der Waals surface area contributed by atoms with Gasteiger partial charge in [-0.25, -0.2) is 15.0 Å². The number of nitrogens with zero attached hydrogens (tertiary/aromatic N) is 4. The van der Waals surface area contributed by atoms with Crippen molar-refractivity contribution in [3.63, 3.8) is 0 Å². The number of ether oxygens (including phenoxy) is 1. The van der Waals surface area contributed by atoms with E-state index in [1.54, 1.807) is 12.4 Å². The Balaban J connectivity index is 1.35. The number of carbonyl (C=O) groups excluding carboxylic acids is 1. The summed E-state index contributed by atoms with van der Waals surface area (Å²) >= 11 is 0. The first-order valence-corrected chi connectivity index (χ1v) is 12.9. The van der Waals surface area contributed by atoms with E-state index in [2.05, 4.69) is 26.7 Å². The summed E-state index contributed by atoms with van der Waals surface area (Å²) in [6.07, 6.45) is 7.19. The summed E-state index contributed by atoms with van der Waals surface area (Å²) < 4.78 is 6.54. The lowest BCUT2D eigenvalue weighted by Crippen LogP contribution is -2.38. The number of fused-ring (bicyclic) bond motifs is 1. The normalized spacial score (nSPS) is 17.8. The zero-order valence-corrected chi connectivity index (χ0v) is 20.9. The molecule has 1 unspecified atom stereocenters. The predicted octanol–water partition coefficient (Wildman–Crippen LogP) is 5.08. The number of hydrogen-bond donors (Lipinski definition) is 2. The molecule has 4 aromatic rings. The van der Waals surface area contributed by atoms with Gasteiger partial charge in [0.1, 0.15) is 5.75 Å². The van der Waals surface area contributed by atoms with Gasteiger partial charge in [0.2, 0.25) is 17.7 Å². The average molecular weight is 495 g/mol. The molecular formula is C29H30N6O2. The van der Waals surface area contributed by atoms with E-state index in [9.17, 15) is 4.79 Å². The molecule has 0 bridgehead atoms. The number of hydrogen-bond acceptors (Lipinski definition) is 7. The second kappa shape index (κ2) is 10.1. The summed E-state index contributed by atoms with van der Waals surface area (Å²) in [5, 5.41) is 8.80. The summed E-state index contributed by atoms with van der Waals surface area (Å²) in [6, 6.07) is 16.2. The van der Waals surface area contributed by atoms with Crippen LogP contribution in [0.2, 0.25) is 0 Å². The monoisotopic (exact) mass is 494 g/mol. The number of rotatable bonds is 6. The smallest absolute Gasteiger partial charge is 0.228 e. The Kier molecular flexibility index (Phi) is 6.40. The van der Waals surface area contributed by atoms with Gasteiger partial charge in [-0.1, -0.05) is 24.3 Å². The number of amides is 1. The molecule has 2 aromatic heterocycles. The first-order chi connectivity index (χ1) is 18.2. The molecule has 0 spiro atoms. The minimum absolute atomic E-state index is 0.166. The Morgan fingerprint density at radius 3 is 2.81 bits per heavy atom. The summed E-state index contributed by atoms with van der Waals surface area (Å²) in [5.74, 6) is 1.97. The molecule has 2 aliphatic heterocycles. The van der Waals surface area contributed by atoms with Crippen LogP contribution in [0.3, 0.4) is 0 Å². The first-order valence-electron chi connectivity index (χ1n) is 12.9. The Morgan fingerprint density at radius 1 is 1.03 bits per heavy atom. The minimum Gasteiger partial charge on any atom is -0.437 e. The molecule has 6 rings (SSSR count). The molecule has 4 heterocycles. The molecule has 2 aliphatic rings. The van der Waals surface area contributed by atoms with Crippen LogP contribution >= 0.6 is 0 Å². The molecule has 2 fully saturated rings. The van der Waals surface area contributed by atoms with Gasteiger partial charge in [0.15, 0.2) is 0 Å². The maximum atomic E-state index is 12.5. The van der Waals surface area contributed by atoms with Crippen molar-refractivity contribution >= 4 is 28.3 Å². The third-order valence-electron chi connectivity index (χ3n) is 7.08. The van der Waals surface area contributed by atoms with E-state index in [0.29, 0.717) is 24.3 Å². The molecule has 2 N–H and O–H groups in total. The van der Waals surface area contributed by atoms with Crippen LogP contribution in [-0.4, -0.2) is 46.5 Å². The highest BCUT2D eigenvalue weighted by atomic mass is 16.5. The zero-order valence-electron chi connectivity index (χ0n) is 20.9. The van der Waals surface area contributed by atoms with Gasteiger partial charge < -0.3 is 20.3 Å². The van der Waals surface area contributed by atoms with Crippen LogP contribution in [0.15, 0.2) is 60.9 Å². The van der Waals surface area contributed by atoms with E-state index in [4.69, 9.17) is 9.72 Å². The Morgan fingerprint density at radius 2 is 1.97 bits per heavy atom. The van der Waals surface area contributed by atoms with Gasteiger partial charge in [-0.2, -0.15) is 0 Å². The van der Waals surface area contributed by atoms with Crippen molar-refractivity contribution in [1.82, 2.24) is 20.3 Å². The Hall–Kier alpha value is -4.04. The molecular weight excluding hydrogens is 464 g/mol. The fourth-order valence-corrected chi connectivity index (χ4v) is 5.20. The zero-order chi connectivity index (χ0) is 25.2. The number of pyridine rings is 1. The minimum atomic E-state index is 0.166. The van der Waals surface area contributed by atoms with Gasteiger partial charge in [0, 0.05) is 48.7 Å². The SMILES string of the molecule is Cc1ccc2c(N3CCCC3=O)cccc2c1Oc1ncccc1-c1ccnc(NC2CCCNC2)n1. The number of nitrogens with one attached hydrogen (secondary N) is 2. The molecule has 188 valence electrons. The van der Waals surface area contributed by atoms with Crippen LogP contribution in [0.1, 0.15) is 31.2 Å². The van der Waals surface area contributed by atoms with Crippen LogP contribution in [0, 0.1) is 6.92 Å². The highest BCUT2D eigenvalue weighted by Gasteiger charge is 2.24. The first kappa shape index (κ1) is 23.4. The number of piperidine rings is 1. The van der Waals surface area contributed by atoms with Crippen molar-refractivity contribution in [3.8, 4) is 22.9 Å². The van der Waals surface area contributed by atoms with E-state index in [-0.39, 0.29) is 5.91 Å². The van der Waals surface area contributed by atoms with Crippen LogP contribution in [0.25, 0.3) is 22.0 Å². The van der Waals surface area contributed by atoms with Crippen molar-refractivity contribution < 1.29 is 9.53 Å². The average Bonchev–Trinajstić information content (AvgIpc) is 3.36. The Bertz CT molecular complexity index is 1450. The highest BCUT2D eigenvalue weighted by Crippen LogP contribution is 2.40. The van der Waals surface area contributed by atoms with Crippen LogP contribution in [0.4, 0.5) is 11.6 Å². The molecule has 2 saturated heterocycles. The molecule has 8 nitrogen and oxygen atoms in total. The summed E-state index contributed by atoms with van der Waals surface area (Å²) in [6.45, 7) is 4.72. The van der Waals surface area contributed by atoms with E-state index in [1.165, 1.54) is 0 Å². The van der Waals surface area contributed by atoms with Gasteiger partial charge in [0.05, 0.1) is 16.9 Å². The fraction of sp³-hybridized carbons (Fsp3) is 0.310. The van der Waals surface area contributed by atoms with Gasteiger partial charge >= 0.3 is 0 Å².